The number of hydrogen-bond donors (Lipinski definition) is 1. The highest BCUT2D eigenvalue weighted by atomic mass is 16.4. The molecule has 0 fully saturated rings. The van der Waals surface area contributed by atoms with Crippen LogP contribution in [0.5, 0.6) is 0 Å². The van der Waals surface area contributed by atoms with Crippen LogP contribution in [0.2, 0.25) is 0 Å². The second-order valence-electron chi connectivity index (χ2n) is 3.97. The van der Waals surface area contributed by atoms with Crippen molar-refractivity contribution < 1.29 is 14.7 Å². The minimum atomic E-state index is -1.01. The first-order valence-electron chi connectivity index (χ1n) is 5.24. The number of rotatable bonds is 2. The number of carbonyl (C=O) groups excluding carboxylic acids is 1. The summed E-state index contributed by atoms with van der Waals surface area (Å²) in [5, 5.41) is 10.6. The van der Waals surface area contributed by atoms with E-state index in [2.05, 4.69) is 0 Å². The van der Waals surface area contributed by atoms with Gasteiger partial charge in [0.15, 0.2) is 0 Å². The van der Waals surface area contributed by atoms with Crippen LogP contribution in [0.3, 0.4) is 0 Å². The van der Waals surface area contributed by atoms with E-state index in [1.807, 2.05) is 24.3 Å². The molecular weight excluding hydrogens is 218 g/mol. The molecule has 1 aliphatic rings. The lowest BCUT2D eigenvalue weighted by molar-refractivity contribution is -0.135. The third-order valence-electron chi connectivity index (χ3n) is 2.94. The summed E-state index contributed by atoms with van der Waals surface area (Å²) in [6, 6.07) is 11.0. The summed E-state index contributed by atoms with van der Waals surface area (Å²) in [4.78, 5) is 24.2. The van der Waals surface area contributed by atoms with Gasteiger partial charge in [-0.1, -0.05) is 24.3 Å². The third-order valence-corrected chi connectivity index (χ3v) is 2.94. The van der Waals surface area contributed by atoms with Crippen molar-refractivity contribution in [2.75, 3.05) is 11.4 Å². The van der Waals surface area contributed by atoms with Crippen molar-refractivity contribution in [3.8, 4) is 0 Å². The molecule has 4 heteroatoms. The zero-order chi connectivity index (χ0) is 12.0. The van der Waals surface area contributed by atoms with Gasteiger partial charge >= 0.3 is 5.97 Å². The molecule has 0 saturated carbocycles. The van der Waals surface area contributed by atoms with E-state index in [4.69, 9.17) is 5.11 Å². The van der Waals surface area contributed by atoms with E-state index < -0.39 is 5.97 Å². The molecule has 0 unspecified atom stereocenters. The highest BCUT2D eigenvalue weighted by molar-refractivity contribution is 6.25. The van der Waals surface area contributed by atoms with Crippen LogP contribution in [0.4, 0.5) is 5.69 Å². The van der Waals surface area contributed by atoms with Crippen molar-refractivity contribution in [3.05, 3.63) is 42.0 Å². The minimum absolute atomic E-state index is 0.237. The summed E-state index contributed by atoms with van der Waals surface area (Å²) in [6.45, 7) is -0.299. The van der Waals surface area contributed by atoms with Gasteiger partial charge in [-0.2, -0.15) is 0 Å². The van der Waals surface area contributed by atoms with Crippen molar-refractivity contribution >= 4 is 28.3 Å². The lowest BCUT2D eigenvalue weighted by atomic mass is 10.1. The van der Waals surface area contributed by atoms with E-state index in [-0.39, 0.29) is 12.5 Å². The molecule has 1 heterocycles. The summed E-state index contributed by atoms with van der Waals surface area (Å²) in [7, 11) is 0. The number of amides is 1. The summed E-state index contributed by atoms with van der Waals surface area (Å²) < 4.78 is 0. The quantitative estimate of drug-likeness (QED) is 0.852. The Morgan fingerprint density at radius 3 is 2.59 bits per heavy atom. The Balaban J connectivity index is 2.27. The van der Waals surface area contributed by atoms with Crippen LogP contribution in [0.1, 0.15) is 10.4 Å². The fourth-order valence-corrected chi connectivity index (χ4v) is 2.27. The summed E-state index contributed by atoms with van der Waals surface area (Å²) >= 11 is 0. The van der Waals surface area contributed by atoms with Crippen molar-refractivity contribution in [1.82, 2.24) is 0 Å². The molecule has 0 spiro atoms. The summed E-state index contributed by atoms with van der Waals surface area (Å²) in [5.41, 5.74) is 1.27. The fraction of sp³-hybridized carbons (Fsp3) is 0.0769. The number of carboxylic acid groups (broad SMARTS) is 1. The minimum Gasteiger partial charge on any atom is -0.480 e. The monoisotopic (exact) mass is 227 g/mol. The van der Waals surface area contributed by atoms with Gasteiger partial charge in [-0.05, 0) is 17.5 Å². The molecule has 1 aliphatic heterocycles. The van der Waals surface area contributed by atoms with Crippen LogP contribution >= 0.6 is 0 Å². The standard InChI is InChI=1S/C13H9NO3/c15-11(16)7-14-10-6-2-4-8-3-1-5-9(12(8)10)13(14)17/h1-6H,7H2,(H,15,16). The first-order valence-corrected chi connectivity index (χ1v) is 5.24. The maximum absolute atomic E-state index is 12.1. The van der Waals surface area contributed by atoms with Crippen molar-refractivity contribution in [1.29, 1.82) is 0 Å². The van der Waals surface area contributed by atoms with Gasteiger partial charge in [-0.25, -0.2) is 0 Å². The lowest BCUT2D eigenvalue weighted by Crippen LogP contribution is -2.32. The molecule has 0 saturated heterocycles. The van der Waals surface area contributed by atoms with Crippen LogP contribution in [0.15, 0.2) is 36.4 Å². The van der Waals surface area contributed by atoms with Gasteiger partial charge in [-0.3, -0.25) is 14.5 Å². The predicted octanol–water partition coefficient (Wildman–Crippen LogP) is 1.88. The van der Waals surface area contributed by atoms with Gasteiger partial charge in [0.25, 0.3) is 5.91 Å². The van der Waals surface area contributed by atoms with E-state index in [1.54, 1.807) is 12.1 Å². The van der Waals surface area contributed by atoms with E-state index >= 15 is 0 Å². The zero-order valence-corrected chi connectivity index (χ0v) is 8.88. The van der Waals surface area contributed by atoms with Gasteiger partial charge < -0.3 is 5.11 Å². The molecule has 2 aromatic rings. The van der Waals surface area contributed by atoms with E-state index in [9.17, 15) is 9.59 Å². The molecular formula is C13H9NO3. The first kappa shape index (κ1) is 9.84. The average Bonchev–Trinajstić information content (AvgIpc) is 2.57. The topological polar surface area (TPSA) is 57.6 Å². The van der Waals surface area contributed by atoms with Gasteiger partial charge in [0, 0.05) is 10.9 Å². The number of carboxylic acids is 1. The Bertz CT molecular complexity index is 643. The van der Waals surface area contributed by atoms with Gasteiger partial charge in [0.2, 0.25) is 0 Å². The van der Waals surface area contributed by atoms with Gasteiger partial charge in [-0.15, -0.1) is 0 Å². The Morgan fingerprint density at radius 1 is 1.18 bits per heavy atom. The lowest BCUT2D eigenvalue weighted by Gasteiger charge is -2.14. The average molecular weight is 227 g/mol. The highest BCUT2D eigenvalue weighted by Gasteiger charge is 2.30. The predicted molar refractivity (Wildman–Crippen MR) is 63.3 cm³/mol. The Labute approximate surface area is 97.1 Å². The second-order valence-corrected chi connectivity index (χ2v) is 3.97. The molecule has 1 amide bonds. The van der Waals surface area contributed by atoms with Gasteiger partial charge in [0.1, 0.15) is 6.54 Å². The smallest absolute Gasteiger partial charge is 0.323 e. The fourth-order valence-electron chi connectivity index (χ4n) is 2.27. The maximum atomic E-state index is 12.1. The van der Waals surface area contributed by atoms with Gasteiger partial charge in [0.05, 0.1) is 5.69 Å². The van der Waals surface area contributed by atoms with Crippen molar-refractivity contribution in [2.24, 2.45) is 0 Å². The molecule has 0 bridgehead atoms. The van der Waals surface area contributed by atoms with Crippen LogP contribution in [0, 0.1) is 0 Å². The number of aliphatic carboxylic acids is 1. The van der Waals surface area contributed by atoms with Crippen LogP contribution in [-0.4, -0.2) is 23.5 Å². The van der Waals surface area contributed by atoms with Crippen LogP contribution in [0.25, 0.3) is 10.8 Å². The molecule has 0 aromatic heterocycles. The van der Waals surface area contributed by atoms with E-state index in [1.165, 1.54) is 4.90 Å². The highest BCUT2D eigenvalue weighted by Crippen LogP contribution is 2.36. The molecule has 4 nitrogen and oxygen atoms in total. The Kier molecular flexibility index (Phi) is 1.92. The number of carbonyl (C=O) groups is 2. The normalized spacial score (nSPS) is 13.4. The Morgan fingerprint density at radius 2 is 1.88 bits per heavy atom. The third kappa shape index (κ3) is 1.30. The van der Waals surface area contributed by atoms with E-state index in [0.717, 1.165) is 10.8 Å². The zero-order valence-electron chi connectivity index (χ0n) is 8.88. The summed E-state index contributed by atoms with van der Waals surface area (Å²) in [5.74, 6) is -1.25. The molecule has 3 rings (SSSR count). The number of hydrogen-bond acceptors (Lipinski definition) is 2. The molecule has 0 atom stereocenters. The number of benzene rings is 2. The number of nitrogens with zero attached hydrogens (tertiary/aromatic N) is 1. The molecule has 2 aromatic carbocycles. The largest absolute Gasteiger partial charge is 0.480 e. The molecule has 0 aliphatic carbocycles. The van der Waals surface area contributed by atoms with Crippen LogP contribution in [-0.2, 0) is 4.79 Å². The van der Waals surface area contributed by atoms with Crippen LogP contribution < -0.4 is 4.90 Å². The van der Waals surface area contributed by atoms with Crippen molar-refractivity contribution in [2.45, 2.75) is 0 Å². The molecule has 1 N–H and O–H groups in total. The molecule has 0 radical (unpaired) electrons. The second kappa shape index (κ2) is 3.31. The Hall–Kier alpha value is -2.36. The SMILES string of the molecule is O=C(O)CN1C(=O)c2cccc3cccc1c23. The maximum Gasteiger partial charge on any atom is 0.323 e. The van der Waals surface area contributed by atoms with E-state index in [0.29, 0.717) is 11.3 Å². The van der Waals surface area contributed by atoms with Crippen molar-refractivity contribution in [3.63, 3.8) is 0 Å². The molecule has 84 valence electrons. The first-order chi connectivity index (χ1) is 8.18. The number of anilines is 1. The molecule has 17 heavy (non-hydrogen) atoms. The summed E-state index contributed by atoms with van der Waals surface area (Å²) in [6.07, 6.45) is 0.